The number of hydrogen-bond donors (Lipinski definition) is 2. The van der Waals surface area contributed by atoms with Gasteiger partial charge < -0.3 is 20.0 Å². The molecule has 1 saturated heterocycles. The first-order valence-electron chi connectivity index (χ1n) is 6.41. The zero-order valence-electron chi connectivity index (χ0n) is 10.9. The van der Waals surface area contributed by atoms with Gasteiger partial charge in [0, 0.05) is 6.54 Å². The molecule has 0 aromatic rings. The number of aliphatic hydroxyl groups is 1. The highest BCUT2D eigenvalue weighted by molar-refractivity contribution is 5.80. The van der Waals surface area contributed by atoms with E-state index < -0.39 is 18.5 Å². The number of likely N-dealkylation sites (tertiary alicyclic amines) is 1. The zero-order chi connectivity index (χ0) is 14.3. The Labute approximate surface area is 113 Å². The molecule has 0 saturated carbocycles. The normalized spacial score (nSPS) is 19.4. The number of urea groups is 1. The van der Waals surface area contributed by atoms with Gasteiger partial charge in [-0.15, -0.1) is 6.42 Å². The summed E-state index contributed by atoms with van der Waals surface area (Å²) in [6, 6.07) is -0.648. The lowest BCUT2D eigenvalue weighted by atomic mass is 10.1. The molecule has 1 fully saturated rings. The van der Waals surface area contributed by atoms with E-state index in [0.29, 0.717) is 6.54 Å². The predicted molar refractivity (Wildman–Crippen MR) is 69.5 cm³/mol. The van der Waals surface area contributed by atoms with E-state index in [1.165, 1.54) is 0 Å². The summed E-state index contributed by atoms with van der Waals surface area (Å²) in [4.78, 5) is 25.8. The third-order valence-electron chi connectivity index (χ3n) is 3.21. The van der Waals surface area contributed by atoms with E-state index in [9.17, 15) is 14.7 Å². The van der Waals surface area contributed by atoms with E-state index in [4.69, 9.17) is 11.5 Å². The number of carbonyl (C=O) groups is 2. The second-order valence-corrected chi connectivity index (χ2v) is 4.62. The first-order valence-corrected chi connectivity index (χ1v) is 6.41. The van der Waals surface area contributed by atoms with Crippen molar-refractivity contribution in [1.82, 2.24) is 9.80 Å². The molecule has 1 atom stereocenters. The highest BCUT2D eigenvalue weighted by atomic mass is 16.4. The lowest BCUT2D eigenvalue weighted by molar-refractivity contribution is -0.137. The van der Waals surface area contributed by atoms with E-state index in [0.717, 1.165) is 30.6 Å². The van der Waals surface area contributed by atoms with Crippen LogP contribution in [0.5, 0.6) is 0 Å². The van der Waals surface area contributed by atoms with Crippen molar-refractivity contribution in [1.29, 1.82) is 0 Å². The van der Waals surface area contributed by atoms with Gasteiger partial charge in [-0.3, -0.25) is 4.79 Å². The van der Waals surface area contributed by atoms with Gasteiger partial charge in [0.2, 0.25) is 0 Å². The fraction of sp³-hybridized carbons (Fsp3) is 0.692. The molecule has 1 heterocycles. The number of nitrogens with zero attached hydrogens (tertiary/aromatic N) is 2. The van der Waals surface area contributed by atoms with Crippen LogP contribution in [0.15, 0.2) is 0 Å². The lowest BCUT2D eigenvalue weighted by Gasteiger charge is -2.33. The van der Waals surface area contributed by atoms with Crippen molar-refractivity contribution in [3.05, 3.63) is 0 Å². The third-order valence-corrected chi connectivity index (χ3v) is 3.21. The van der Waals surface area contributed by atoms with Crippen LogP contribution in [0.25, 0.3) is 0 Å². The molecule has 6 nitrogen and oxygen atoms in total. The number of hydrogen-bond acceptors (Lipinski definition) is 3. The van der Waals surface area contributed by atoms with Crippen LogP contribution in [-0.4, -0.2) is 64.3 Å². The summed E-state index contributed by atoms with van der Waals surface area (Å²) < 4.78 is 0. The van der Waals surface area contributed by atoms with E-state index in [1.807, 2.05) is 0 Å². The molecule has 106 valence electrons. The second-order valence-electron chi connectivity index (χ2n) is 4.62. The number of aliphatic hydroxyl groups excluding tert-OH is 1. The minimum absolute atomic E-state index is 0.0419. The summed E-state index contributed by atoms with van der Waals surface area (Å²) in [6.07, 6.45) is 8.73. The Bertz CT molecular complexity index is 364. The molecular weight excluding hydrogens is 248 g/mol. The van der Waals surface area contributed by atoms with Crippen molar-refractivity contribution in [2.45, 2.75) is 31.7 Å². The lowest BCUT2D eigenvalue weighted by Crippen LogP contribution is -2.50. The van der Waals surface area contributed by atoms with Crippen molar-refractivity contribution in [3.63, 3.8) is 0 Å². The van der Waals surface area contributed by atoms with Crippen LogP contribution in [-0.2, 0) is 4.79 Å². The van der Waals surface area contributed by atoms with E-state index in [2.05, 4.69) is 5.92 Å². The quantitative estimate of drug-likeness (QED) is 0.721. The van der Waals surface area contributed by atoms with Crippen molar-refractivity contribution in [2.75, 3.05) is 26.2 Å². The number of carboxylic acid groups (broad SMARTS) is 1. The van der Waals surface area contributed by atoms with Crippen molar-refractivity contribution < 1.29 is 19.8 Å². The molecule has 0 spiro atoms. The minimum atomic E-state index is -1.10. The van der Waals surface area contributed by atoms with Gasteiger partial charge in [0.25, 0.3) is 0 Å². The SMILES string of the molecule is C#CCN(CC(=O)O)C(=O)N1CCCCCC1CO. The Hall–Kier alpha value is -1.74. The molecule has 2 N–H and O–H groups in total. The van der Waals surface area contributed by atoms with Gasteiger partial charge in [-0.05, 0) is 12.8 Å². The Morgan fingerprint density at radius 1 is 1.37 bits per heavy atom. The number of rotatable bonds is 4. The molecule has 6 heteroatoms. The Morgan fingerprint density at radius 3 is 2.68 bits per heavy atom. The molecule has 19 heavy (non-hydrogen) atoms. The van der Waals surface area contributed by atoms with Gasteiger partial charge in [0.05, 0.1) is 19.2 Å². The minimum Gasteiger partial charge on any atom is -0.480 e. The first kappa shape index (κ1) is 15.3. The molecule has 1 aliphatic rings. The van der Waals surface area contributed by atoms with E-state index in [-0.39, 0.29) is 19.2 Å². The van der Waals surface area contributed by atoms with Crippen LogP contribution >= 0.6 is 0 Å². The topological polar surface area (TPSA) is 81.1 Å². The molecule has 1 aliphatic heterocycles. The highest BCUT2D eigenvalue weighted by Crippen LogP contribution is 2.18. The number of carboxylic acids is 1. The average Bonchev–Trinajstić information content (AvgIpc) is 2.61. The molecule has 1 rings (SSSR count). The van der Waals surface area contributed by atoms with Crippen molar-refractivity contribution >= 4 is 12.0 Å². The van der Waals surface area contributed by atoms with Gasteiger partial charge in [-0.2, -0.15) is 0 Å². The predicted octanol–water partition coefficient (Wildman–Crippen LogP) is 0.363. The molecule has 0 aliphatic carbocycles. The van der Waals surface area contributed by atoms with Gasteiger partial charge in [0.15, 0.2) is 0 Å². The maximum atomic E-state index is 12.3. The largest absolute Gasteiger partial charge is 0.480 e. The monoisotopic (exact) mass is 268 g/mol. The Kier molecular flexibility index (Phi) is 6.16. The third kappa shape index (κ3) is 4.45. The fourth-order valence-electron chi connectivity index (χ4n) is 2.27. The summed E-state index contributed by atoms with van der Waals surface area (Å²) in [7, 11) is 0. The van der Waals surface area contributed by atoms with Gasteiger partial charge in [0.1, 0.15) is 6.54 Å². The van der Waals surface area contributed by atoms with E-state index >= 15 is 0 Å². The van der Waals surface area contributed by atoms with Gasteiger partial charge in [-0.1, -0.05) is 18.8 Å². The first-order chi connectivity index (χ1) is 9.10. The number of aliphatic carboxylic acids is 1. The molecule has 0 aromatic carbocycles. The van der Waals surface area contributed by atoms with Crippen molar-refractivity contribution in [2.24, 2.45) is 0 Å². The Morgan fingerprint density at radius 2 is 2.11 bits per heavy atom. The van der Waals surface area contributed by atoms with Gasteiger partial charge >= 0.3 is 12.0 Å². The maximum Gasteiger partial charge on any atom is 0.323 e. The molecule has 0 radical (unpaired) electrons. The van der Waals surface area contributed by atoms with Crippen LogP contribution < -0.4 is 0 Å². The van der Waals surface area contributed by atoms with Crippen LogP contribution in [0, 0.1) is 12.3 Å². The van der Waals surface area contributed by atoms with E-state index in [1.54, 1.807) is 4.90 Å². The second kappa shape index (κ2) is 7.64. The summed E-state index contributed by atoms with van der Waals surface area (Å²) in [5.74, 6) is 1.20. The highest BCUT2D eigenvalue weighted by Gasteiger charge is 2.29. The summed E-state index contributed by atoms with van der Waals surface area (Å²) in [5.41, 5.74) is 0. The van der Waals surface area contributed by atoms with Crippen LogP contribution in [0.1, 0.15) is 25.7 Å². The standard InChI is InChI=1S/C13H20N2O4/c1-2-7-14(9-12(17)18)13(19)15-8-5-3-4-6-11(15)10-16/h1,11,16H,3-10H2,(H,17,18). The molecule has 0 bridgehead atoms. The van der Waals surface area contributed by atoms with Crippen LogP contribution in [0.3, 0.4) is 0 Å². The zero-order valence-corrected chi connectivity index (χ0v) is 10.9. The number of terminal acetylenes is 1. The Balaban J connectivity index is 2.79. The molecule has 2 amide bonds. The maximum absolute atomic E-state index is 12.3. The van der Waals surface area contributed by atoms with Gasteiger partial charge in [-0.25, -0.2) is 4.79 Å². The molecular formula is C13H20N2O4. The number of carbonyl (C=O) groups excluding carboxylic acids is 1. The summed E-state index contributed by atoms with van der Waals surface area (Å²) in [6.45, 7) is -0.0368. The smallest absolute Gasteiger partial charge is 0.323 e. The van der Waals surface area contributed by atoms with Crippen LogP contribution in [0.2, 0.25) is 0 Å². The fourth-order valence-corrected chi connectivity index (χ4v) is 2.27. The average molecular weight is 268 g/mol. The molecule has 0 aromatic heterocycles. The summed E-state index contributed by atoms with van der Waals surface area (Å²) in [5, 5.41) is 18.2. The number of amides is 2. The van der Waals surface area contributed by atoms with Crippen molar-refractivity contribution in [3.8, 4) is 12.3 Å². The van der Waals surface area contributed by atoms with Crippen LogP contribution in [0.4, 0.5) is 4.79 Å². The summed E-state index contributed by atoms with van der Waals surface area (Å²) >= 11 is 0. The molecule has 1 unspecified atom stereocenters.